The van der Waals surface area contributed by atoms with Crippen molar-refractivity contribution in [1.82, 2.24) is 5.32 Å². The van der Waals surface area contributed by atoms with Gasteiger partial charge < -0.3 is 10.6 Å². The number of carbonyl (C=O) groups excluding carboxylic acids is 2. The molecule has 7 nitrogen and oxygen atoms in total. The third-order valence-electron chi connectivity index (χ3n) is 3.90. The molecule has 0 saturated carbocycles. The van der Waals surface area contributed by atoms with Gasteiger partial charge in [0, 0.05) is 21.3 Å². The zero-order chi connectivity index (χ0) is 21.7. The topological polar surface area (TPSA) is 104 Å². The van der Waals surface area contributed by atoms with Gasteiger partial charge in [0.15, 0.2) is 0 Å². The van der Waals surface area contributed by atoms with Crippen LogP contribution in [0.15, 0.2) is 65.6 Å². The van der Waals surface area contributed by atoms with Crippen LogP contribution in [0.25, 0.3) is 0 Å². The molecule has 1 heterocycles. The zero-order valence-corrected chi connectivity index (χ0v) is 18.2. The van der Waals surface area contributed by atoms with Crippen molar-refractivity contribution in [3.63, 3.8) is 0 Å². The van der Waals surface area contributed by atoms with Crippen LogP contribution in [0.3, 0.4) is 0 Å². The van der Waals surface area contributed by atoms with E-state index in [2.05, 4.69) is 15.4 Å². The van der Waals surface area contributed by atoms with Crippen LogP contribution < -0.4 is 15.4 Å². The normalized spacial score (nSPS) is 11.0. The molecule has 3 rings (SSSR count). The molecular formula is C20H18ClN3O4S2. The molecule has 156 valence electrons. The maximum absolute atomic E-state index is 12.6. The Bertz CT molecular complexity index is 1170. The van der Waals surface area contributed by atoms with Crippen molar-refractivity contribution < 1.29 is 18.0 Å². The zero-order valence-electron chi connectivity index (χ0n) is 15.8. The first-order valence-electron chi connectivity index (χ1n) is 8.76. The lowest BCUT2D eigenvalue weighted by Gasteiger charge is -2.11. The van der Waals surface area contributed by atoms with Crippen LogP contribution in [0.4, 0.5) is 11.4 Å². The lowest BCUT2D eigenvalue weighted by atomic mass is 10.3. The first-order valence-corrected chi connectivity index (χ1v) is 11.4. The monoisotopic (exact) mass is 463 g/mol. The van der Waals surface area contributed by atoms with Gasteiger partial charge in [-0.15, -0.1) is 11.3 Å². The summed E-state index contributed by atoms with van der Waals surface area (Å²) in [7, 11) is -3.86. The van der Waals surface area contributed by atoms with Gasteiger partial charge in [0.2, 0.25) is 5.91 Å². The molecule has 3 N–H and O–H groups in total. The molecule has 3 aromatic rings. The van der Waals surface area contributed by atoms with E-state index in [4.69, 9.17) is 11.6 Å². The van der Waals surface area contributed by atoms with E-state index < -0.39 is 15.9 Å². The predicted molar refractivity (Wildman–Crippen MR) is 119 cm³/mol. The van der Waals surface area contributed by atoms with Gasteiger partial charge in [0.1, 0.15) is 0 Å². The molecule has 0 aliphatic heterocycles. The minimum Gasteiger partial charge on any atom is -0.342 e. The molecule has 0 unspecified atom stereocenters. The van der Waals surface area contributed by atoms with Gasteiger partial charge in [-0.25, -0.2) is 8.42 Å². The number of thiophene rings is 1. The molecular weight excluding hydrogens is 446 g/mol. The molecule has 2 amide bonds. The molecule has 0 spiro atoms. The van der Waals surface area contributed by atoms with Crippen LogP contribution in [-0.4, -0.2) is 26.8 Å². The molecule has 1 aromatic heterocycles. The van der Waals surface area contributed by atoms with Crippen molar-refractivity contribution in [1.29, 1.82) is 0 Å². The standard InChI is InChI=1S/C20H18ClN3O4S2/c1-13-5-10-18(29-13)20(26)22-12-19(25)23-16-3-2-4-17(11-16)30(27,28)24-15-8-6-14(21)7-9-15/h2-11,24H,12H2,1H3,(H,22,26)(H,23,25). The Hall–Kier alpha value is -2.88. The van der Waals surface area contributed by atoms with E-state index in [0.717, 1.165) is 4.88 Å². The molecule has 0 bridgehead atoms. The van der Waals surface area contributed by atoms with Gasteiger partial charge in [-0.1, -0.05) is 17.7 Å². The van der Waals surface area contributed by atoms with Crippen molar-refractivity contribution in [3.8, 4) is 0 Å². The van der Waals surface area contributed by atoms with Crippen LogP contribution in [0.1, 0.15) is 14.5 Å². The number of carbonyl (C=O) groups is 2. The van der Waals surface area contributed by atoms with E-state index in [9.17, 15) is 18.0 Å². The summed E-state index contributed by atoms with van der Waals surface area (Å²) in [6, 6.07) is 15.6. The summed E-state index contributed by atoms with van der Waals surface area (Å²) < 4.78 is 27.6. The third kappa shape index (κ3) is 5.82. The SMILES string of the molecule is Cc1ccc(C(=O)NCC(=O)Nc2cccc(S(=O)(=O)Nc3ccc(Cl)cc3)c2)s1. The minimum absolute atomic E-state index is 0.0200. The predicted octanol–water partition coefficient (Wildman–Crippen LogP) is 3.88. The molecule has 0 aliphatic rings. The molecule has 0 radical (unpaired) electrons. The number of anilines is 2. The van der Waals surface area contributed by atoms with Gasteiger partial charge in [-0.3, -0.25) is 14.3 Å². The van der Waals surface area contributed by atoms with Gasteiger partial charge in [0.25, 0.3) is 15.9 Å². The minimum atomic E-state index is -3.86. The van der Waals surface area contributed by atoms with Crippen molar-refractivity contribution in [3.05, 3.63) is 75.4 Å². The number of benzene rings is 2. The van der Waals surface area contributed by atoms with E-state index in [-0.39, 0.29) is 17.3 Å². The summed E-state index contributed by atoms with van der Waals surface area (Å²) in [5.74, 6) is -0.816. The Kier molecular flexibility index (Phi) is 6.76. The number of rotatable bonds is 7. The van der Waals surface area contributed by atoms with Gasteiger partial charge in [-0.2, -0.15) is 0 Å². The van der Waals surface area contributed by atoms with E-state index in [1.807, 2.05) is 13.0 Å². The van der Waals surface area contributed by atoms with E-state index >= 15 is 0 Å². The summed E-state index contributed by atoms with van der Waals surface area (Å²) in [5, 5.41) is 5.60. The second-order valence-corrected chi connectivity index (χ2v) is 9.69. The van der Waals surface area contributed by atoms with Gasteiger partial charge >= 0.3 is 0 Å². The van der Waals surface area contributed by atoms with Crippen molar-refractivity contribution in [2.45, 2.75) is 11.8 Å². The maximum Gasteiger partial charge on any atom is 0.261 e. The maximum atomic E-state index is 12.6. The van der Waals surface area contributed by atoms with Crippen molar-refractivity contribution >= 4 is 56.2 Å². The van der Waals surface area contributed by atoms with E-state index in [1.165, 1.54) is 29.5 Å². The smallest absolute Gasteiger partial charge is 0.261 e. The molecule has 2 aromatic carbocycles. The van der Waals surface area contributed by atoms with E-state index in [0.29, 0.717) is 21.3 Å². The highest BCUT2D eigenvalue weighted by Crippen LogP contribution is 2.21. The highest BCUT2D eigenvalue weighted by molar-refractivity contribution is 7.92. The fraction of sp³-hybridized carbons (Fsp3) is 0.100. The van der Waals surface area contributed by atoms with Gasteiger partial charge in [0.05, 0.1) is 16.3 Å². The highest BCUT2D eigenvalue weighted by Gasteiger charge is 2.16. The summed E-state index contributed by atoms with van der Waals surface area (Å²) in [6.45, 7) is 1.65. The molecule has 0 saturated heterocycles. The molecule has 0 atom stereocenters. The Labute approximate surface area is 183 Å². The quantitative estimate of drug-likeness (QED) is 0.494. The van der Waals surface area contributed by atoms with Crippen LogP contribution >= 0.6 is 22.9 Å². The number of sulfonamides is 1. The Balaban J connectivity index is 1.62. The summed E-state index contributed by atoms with van der Waals surface area (Å²) in [6.07, 6.45) is 0. The molecule has 10 heteroatoms. The van der Waals surface area contributed by atoms with Crippen LogP contribution in [0, 0.1) is 6.92 Å². The number of nitrogens with one attached hydrogen (secondary N) is 3. The second kappa shape index (κ2) is 9.29. The van der Waals surface area contributed by atoms with Crippen molar-refractivity contribution in [2.24, 2.45) is 0 Å². The highest BCUT2D eigenvalue weighted by atomic mass is 35.5. The average molecular weight is 464 g/mol. The molecule has 0 fully saturated rings. The second-order valence-electron chi connectivity index (χ2n) is 6.28. The first kappa shape index (κ1) is 21.8. The largest absolute Gasteiger partial charge is 0.342 e. The Morgan fingerprint density at radius 3 is 2.40 bits per heavy atom. The molecule has 30 heavy (non-hydrogen) atoms. The summed E-state index contributed by atoms with van der Waals surface area (Å²) in [4.78, 5) is 25.6. The number of hydrogen-bond acceptors (Lipinski definition) is 5. The lowest BCUT2D eigenvalue weighted by Crippen LogP contribution is -2.32. The summed E-state index contributed by atoms with van der Waals surface area (Å²) >= 11 is 7.14. The van der Waals surface area contributed by atoms with Crippen LogP contribution in [0.5, 0.6) is 0 Å². The lowest BCUT2D eigenvalue weighted by molar-refractivity contribution is -0.115. The van der Waals surface area contributed by atoms with Crippen LogP contribution in [0.2, 0.25) is 5.02 Å². The number of halogens is 1. The third-order valence-corrected chi connectivity index (χ3v) is 6.53. The van der Waals surface area contributed by atoms with Gasteiger partial charge in [-0.05, 0) is 61.5 Å². The Morgan fingerprint density at radius 2 is 1.73 bits per heavy atom. The molecule has 0 aliphatic carbocycles. The average Bonchev–Trinajstić information content (AvgIpc) is 3.14. The summed E-state index contributed by atoms with van der Waals surface area (Å²) in [5.41, 5.74) is 0.653. The number of hydrogen-bond donors (Lipinski definition) is 3. The Morgan fingerprint density at radius 1 is 1.00 bits per heavy atom. The van der Waals surface area contributed by atoms with Crippen LogP contribution in [-0.2, 0) is 14.8 Å². The fourth-order valence-electron chi connectivity index (χ4n) is 2.48. The fourth-order valence-corrected chi connectivity index (χ4v) is 4.50. The van der Waals surface area contributed by atoms with Crippen molar-refractivity contribution in [2.75, 3.05) is 16.6 Å². The number of amides is 2. The first-order chi connectivity index (χ1) is 14.2. The van der Waals surface area contributed by atoms with E-state index in [1.54, 1.807) is 36.4 Å². The number of aryl methyl sites for hydroxylation is 1.